The van der Waals surface area contributed by atoms with Crippen LogP contribution >= 0.6 is 11.8 Å². The third-order valence-corrected chi connectivity index (χ3v) is 4.71. The third kappa shape index (κ3) is 2.78. The van der Waals surface area contributed by atoms with E-state index in [1.165, 1.54) is 5.56 Å². The van der Waals surface area contributed by atoms with Gasteiger partial charge in [0.15, 0.2) is 0 Å². The van der Waals surface area contributed by atoms with Crippen LogP contribution in [0.4, 0.5) is 5.69 Å². The fourth-order valence-corrected chi connectivity index (χ4v) is 3.54. The Labute approximate surface area is 126 Å². The Kier molecular flexibility index (Phi) is 3.66. The Bertz CT molecular complexity index is 690. The number of para-hydroxylation sites is 1. The summed E-state index contributed by atoms with van der Waals surface area (Å²) in [7, 11) is 0. The molecule has 0 aliphatic carbocycles. The third-order valence-electron chi connectivity index (χ3n) is 3.39. The quantitative estimate of drug-likeness (QED) is 0.914. The van der Waals surface area contributed by atoms with E-state index in [-0.39, 0.29) is 11.2 Å². The van der Waals surface area contributed by atoms with Crippen molar-refractivity contribution in [3.8, 4) is 0 Å². The van der Waals surface area contributed by atoms with Crippen molar-refractivity contribution in [2.45, 2.75) is 16.6 Å². The van der Waals surface area contributed by atoms with Gasteiger partial charge in [0.1, 0.15) is 0 Å². The summed E-state index contributed by atoms with van der Waals surface area (Å²) in [6.07, 6.45) is 0.700. The zero-order valence-electron chi connectivity index (χ0n) is 11.2. The first kappa shape index (κ1) is 13.7. The van der Waals surface area contributed by atoms with Crippen molar-refractivity contribution in [1.82, 2.24) is 0 Å². The van der Waals surface area contributed by atoms with Crippen LogP contribution in [0.3, 0.4) is 0 Å². The lowest BCUT2D eigenvalue weighted by molar-refractivity contribution is -0.115. The predicted molar refractivity (Wildman–Crippen MR) is 83.4 cm³/mol. The number of anilines is 1. The Hall–Kier alpha value is -2.27. The number of carbonyl (C=O) groups excluding carboxylic acids is 2. The largest absolute Gasteiger partial charge is 0.366 e. The van der Waals surface area contributed by atoms with Crippen molar-refractivity contribution >= 4 is 29.3 Å². The number of thioether (sulfide) groups is 1. The number of hydrogen-bond acceptors (Lipinski definition) is 3. The average Bonchev–Trinajstić information content (AvgIpc) is 2.91. The number of primary amides is 1. The molecule has 0 saturated heterocycles. The van der Waals surface area contributed by atoms with Gasteiger partial charge in [-0.15, -0.1) is 11.8 Å². The van der Waals surface area contributed by atoms with E-state index in [0.717, 1.165) is 4.90 Å². The van der Waals surface area contributed by atoms with Gasteiger partial charge in [-0.25, -0.2) is 0 Å². The molecule has 3 rings (SSSR count). The van der Waals surface area contributed by atoms with Gasteiger partial charge in [0.25, 0.3) is 5.91 Å². The SMILES string of the molecule is NC(=O)c1ccccc1NC(=O)[C@@H]1Cc2ccccc2S1. The minimum atomic E-state index is -0.548. The second-order valence-electron chi connectivity index (χ2n) is 4.82. The van der Waals surface area contributed by atoms with E-state index in [4.69, 9.17) is 5.73 Å². The topological polar surface area (TPSA) is 72.2 Å². The van der Waals surface area contributed by atoms with Gasteiger partial charge in [0.2, 0.25) is 5.91 Å². The number of amides is 2. The highest BCUT2D eigenvalue weighted by atomic mass is 32.2. The molecular formula is C16H14N2O2S. The molecule has 1 atom stereocenters. The van der Waals surface area contributed by atoms with Crippen molar-refractivity contribution in [3.63, 3.8) is 0 Å². The highest BCUT2D eigenvalue weighted by Crippen LogP contribution is 2.37. The van der Waals surface area contributed by atoms with Crippen molar-refractivity contribution < 1.29 is 9.59 Å². The number of rotatable bonds is 3. The molecule has 1 heterocycles. The van der Waals surface area contributed by atoms with E-state index in [0.29, 0.717) is 17.7 Å². The van der Waals surface area contributed by atoms with Crippen molar-refractivity contribution in [1.29, 1.82) is 0 Å². The Morgan fingerprint density at radius 2 is 1.81 bits per heavy atom. The zero-order valence-corrected chi connectivity index (χ0v) is 12.0. The summed E-state index contributed by atoms with van der Waals surface area (Å²) in [4.78, 5) is 24.9. The Balaban J connectivity index is 1.76. The van der Waals surface area contributed by atoms with Crippen molar-refractivity contribution in [2.75, 3.05) is 5.32 Å². The van der Waals surface area contributed by atoms with Crippen LogP contribution in [-0.2, 0) is 11.2 Å². The summed E-state index contributed by atoms with van der Waals surface area (Å²) in [5, 5.41) is 2.63. The number of fused-ring (bicyclic) bond motifs is 1. The van der Waals surface area contributed by atoms with Gasteiger partial charge in [-0.1, -0.05) is 30.3 Å². The van der Waals surface area contributed by atoms with E-state index in [1.807, 2.05) is 24.3 Å². The fraction of sp³-hybridized carbons (Fsp3) is 0.125. The average molecular weight is 298 g/mol. The minimum absolute atomic E-state index is 0.107. The van der Waals surface area contributed by atoms with E-state index in [9.17, 15) is 9.59 Å². The molecule has 0 bridgehead atoms. The van der Waals surface area contributed by atoms with E-state index < -0.39 is 5.91 Å². The second kappa shape index (κ2) is 5.61. The van der Waals surface area contributed by atoms with E-state index >= 15 is 0 Å². The van der Waals surface area contributed by atoms with Gasteiger partial charge >= 0.3 is 0 Å². The molecular weight excluding hydrogens is 284 g/mol. The summed E-state index contributed by atoms with van der Waals surface area (Å²) >= 11 is 1.55. The molecule has 0 fully saturated rings. The van der Waals surface area contributed by atoms with Crippen LogP contribution < -0.4 is 11.1 Å². The molecule has 1 aliphatic rings. The Morgan fingerprint density at radius 1 is 1.10 bits per heavy atom. The van der Waals surface area contributed by atoms with Crippen molar-refractivity contribution in [3.05, 3.63) is 59.7 Å². The van der Waals surface area contributed by atoms with Crippen LogP contribution in [0, 0.1) is 0 Å². The molecule has 2 amide bonds. The van der Waals surface area contributed by atoms with Gasteiger partial charge in [-0.2, -0.15) is 0 Å². The van der Waals surface area contributed by atoms with Crippen molar-refractivity contribution in [2.24, 2.45) is 5.73 Å². The van der Waals surface area contributed by atoms with Crippen LogP contribution in [0.15, 0.2) is 53.4 Å². The normalized spacial score (nSPS) is 16.3. The fourth-order valence-electron chi connectivity index (χ4n) is 2.35. The number of carbonyl (C=O) groups is 2. The smallest absolute Gasteiger partial charge is 0.250 e. The molecule has 0 spiro atoms. The monoisotopic (exact) mass is 298 g/mol. The maximum Gasteiger partial charge on any atom is 0.250 e. The second-order valence-corrected chi connectivity index (χ2v) is 6.06. The molecule has 106 valence electrons. The highest BCUT2D eigenvalue weighted by molar-refractivity contribution is 8.01. The van der Waals surface area contributed by atoms with Gasteiger partial charge in [0, 0.05) is 4.90 Å². The summed E-state index contributed by atoms with van der Waals surface area (Å²) in [5.74, 6) is -0.654. The first-order valence-electron chi connectivity index (χ1n) is 6.59. The summed E-state index contributed by atoms with van der Waals surface area (Å²) in [6.45, 7) is 0. The molecule has 1 aliphatic heterocycles. The molecule has 4 nitrogen and oxygen atoms in total. The molecule has 0 unspecified atom stereocenters. The number of hydrogen-bond donors (Lipinski definition) is 2. The van der Waals surface area contributed by atoms with Crippen LogP contribution in [0.2, 0.25) is 0 Å². The lowest BCUT2D eigenvalue weighted by Gasteiger charge is -2.12. The maximum atomic E-state index is 12.4. The summed E-state index contributed by atoms with van der Waals surface area (Å²) in [6, 6.07) is 14.8. The van der Waals surface area contributed by atoms with Crippen LogP contribution in [0.5, 0.6) is 0 Å². The van der Waals surface area contributed by atoms with Crippen LogP contribution in [-0.4, -0.2) is 17.1 Å². The predicted octanol–water partition coefficient (Wildman–Crippen LogP) is 2.44. The Morgan fingerprint density at radius 3 is 2.57 bits per heavy atom. The van der Waals surface area contributed by atoms with Gasteiger partial charge < -0.3 is 11.1 Å². The minimum Gasteiger partial charge on any atom is -0.366 e. The molecule has 0 radical (unpaired) electrons. The van der Waals surface area contributed by atoms with E-state index in [2.05, 4.69) is 5.32 Å². The summed E-state index contributed by atoms with van der Waals surface area (Å²) < 4.78 is 0. The van der Waals surface area contributed by atoms with Gasteiger partial charge in [-0.05, 0) is 30.2 Å². The van der Waals surface area contributed by atoms with E-state index in [1.54, 1.807) is 36.0 Å². The lowest BCUT2D eigenvalue weighted by atomic mass is 10.1. The molecule has 0 saturated carbocycles. The number of nitrogens with two attached hydrogens (primary N) is 1. The molecule has 21 heavy (non-hydrogen) atoms. The number of nitrogens with one attached hydrogen (secondary N) is 1. The zero-order chi connectivity index (χ0) is 14.8. The van der Waals surface area contributed by atoms with Crippen LogP contribution in [0.25, 0.3) is 0 Å². The molecule has 2 aromatic rings. The standard InChI is InChI=1S/C16H14N2O2S/c17-15(19)11-6-2-3-7-12(11)18-16(20)14-9-10-5-1-4-8-13(10)21-14/h1-8,14H,9H2,(H2,17,19)(H,18,20)/t14-/m0/s1. The van der Waals surface area contributed by atoms with Gasteiger partial charge in [-0.3, -0.25) is 9.59 Å². The van der Waals surface area contributed by atoms with Gasteiger partial charge in [0.05, 0.1) is 16.5 Å². The first-order chi connectivity index (χ1) is 10.1. The molecule has 2 aromatic carbocycles. The lowest BCUT2D eigenvalue weighted by Crippen LogP contribution is -2.26. The molecule has 5 heteroatoms. The highest BCUT2D eigenvalue weighted by Gasteiger charge is 2.28. The maximum absolute atomic E-state index is 12.4. The first-order valence-corrected chi connectivity index (χ1v) is 7.47. The molecule has 0 aromatic heterocycles. The molecule has 3 N–H and O–H groups in total. The summed E-state index contributed by atoms with van der Waals surface area (Å²) in [5.41, 5.74) is 7.29. The number of benzene rings is 2. The van der Waals surface area contributed by atoms with Crippen LogP contribution in [0.1, 0.15) is 15.9 Å².